The highest BCUT2D eigenvalue weighted by Crippen LogP contribution is 2.29. The van der Waals surface area contributed by atoms with Crippen LogP contribution < -0.4 is 14.8 Å². The minimum Gasteiger partial charge on any atom is -0.477 e. The Labute approximate surface area is 185 Å². The number of nitrogens with one attached hydrogen (secondary N) is 2. The largest absolute Gasteiger partial charge is 0.477 e. The lowest BCUT2D eigenvalue weighted by atomic mass is 10.2. The van der Waals surface area contributed by atoms with Gasteiger partial charge in [0.25, 0.3) is 0 Å². The minimum atomic E-state index is -3.37. The molecule has 0 unspecified atom stereocenters. The van der Waals surface area contributed by atoms with E-state index in [1.807, 2.05) is 6.92 Å². The van der Waals surface area contributed by atoms with Crippen LogP contribution in [-0.2, 0) is 21.2 Å². The summed E-state index contributed by atoms with van der Waals surface area (Å²) in [5, 5.41) is 2.38. The molecular formula is C21H22N6O4S. The Morgan fingerprint density at radius 1 is 1.16 bits per heavy atom. The van der Waals surface area contributed by atoms with Crippen LogP contribution in [0.15, 0.2) is 49.1 Å². The van der Waals surface area contributed by atoms with Crippen LogP contribution >= 0.6 is 0 Å². The van der Waals surface area contributed by atoms with Crippen molar-refractivity contribution in [2.75, 3.05) is 16.6 Å². The summed E-state index contributed by atoms with van der Waals surface area (Å²) in [6.45, 7) is 2.36. The van der Waals surface area contributed by atoms with Crippen molar-refractivity contribution in [1.29, 1.82) is 0 Å². The SMILES string of the molecule is CCOc1cncc(-c2ccc(NC(=O)Cc3cc(NS(=O)(=O)C4CC4)ccn3)nc2)n1. The molecule has 1 amide bonds. The molecule has 0 saturated heterocycles. The van der Waals surface area contributed by atoms with Gasteiger partial charge in [-0.1, -0.05) is 0 Å². The number of hydrogen-bond donors (Lipinski definition) is 2. The number of pyridine rings is 2. The third-order valence-electron chi connectivity index (χ3n) is 4.61. The average Bonchev–Trinajstić information content (AvgIpc) is 3.61. The highest BCUT2D eigenvalue weighted by molar-refractivity contribution is 7.93. The van der Waals surface area contributed by atoms with Crippen molar-refractivity contribution >= 4 is 27.4 Å². The molecule has 166 valence electrons. The van der Waals surface area contributed by atoms with Gasteiger partial charge in [0, 0.05) is 18.0 Å². The van der Waals surface area contributed by atoms with E-state index in [-0.39, 0.29) is 17.6 Å². The fraction of sp³-hybridized carbons (Fsp3) is 0.286. The van der Waals surface area contributed by atoms with E-state index in [0.717, 1.165) is 5.56 Å². The summed E-state index contributed by atoms with van der Waals surface area (Å²) in [4.78, 5) is 29.3. The highest BCUT2D eigenvalue weighted by Gasteiger charge is 2.35. The van der Waals surface area contributed by atoms with Crippen molar-refractivity contribution in [2.45, 2.75) is 31.4 Å². The summed E-state index contributed by atoms with van der Waals surface area (Å²) in [6.07, 6.45) is 7.52. The molecule has 0 aromatic carbocycles. The van der Waals surface area contributed by atoms with E-state index in [1.54, 1.807) is 36.7 Å². The van der Waals surface area contributed by atoms with Crippen LogP contribution in [0.3, 0.4) is 0 Å². The molecule has 4 rings (SSSR count). The first-order chi connectivity index (χ1) is 15.4. The van der Waals surface area contributed by atoms with Crippen LogP contribution in [0.5, 0.6) is 5.88 Å². The number of hydrogen-bond acceptors (Lipinski definition) is 8. The summed E-state index contributed by atoms with van der Waals surface area (Å²) in [7, 11) is -3.37. The summed E-state index contributed by atoms with van der Waals surface area (Å²) >= 11 is 0. The predicted molar refractivity (Wildman–Crippen MR) is 119 cm³/mol. The van der Waals surface area contributed by atoms with Crippen LogP contribution in [0.25, 0.3) is 11.3 Å². The van der Waals surface area contributed by atoms with Crippen molar-refractivity contribution in [3.8, 4) is 17.1 Å². The molecule has 0 bridgehead atoms. The Morgan fingerprint density at radius 3 is 2.72 bits per heavy atom. The van der Waals surface area contributed by atoms with E-state index in [0.29, 0.717) is 48.2 Å². The Balaban J connectivity index is 1.37. The van der Waals surface area contributed by atoms with Crippen molar-refractivity contribution in [1.82, 2.24) is 19.9 Å². The third kappa shape index (κ3) is 5.55. The topological polar surface area (TPSA) is 136 Å². The molecule has 10 nitrogen and oxygen atoms in total. The van der Waals surface area contributed by atoms with Gasteiger partial charge in [-0.3, -0.25) is 19.5 Å². The number of nitrogens with zero attached hydrogens (tertiary/aromatic N) is 4. The van der Waals surface area contributed by atoms with Crippen LogP contribution in [0.2, 0.25) is 0 Å². The minimum absolute atomic E-state index is 0.0235. The summed E-state index contributed by atoms with van der Waals surface area (Å²) in [5.74, 6) is 0.480. The number of sulfonamides is 1. The molecule has 0 atom stereocenters. The van der Waals surface area contributed by atoms with Crippen LogP contribution in [0, 0.1) is 0 Å². The number of aromatic nitrogens is 4. The first-order valence-electron chi connectivity index (χ1n) is 10.1. The van der Waals surface area contributed by atoms with E-state index in [2.05, 4.69) is 30.0 Å². The second kappa shape index (κ2) is 9.27. The Morgan fingerprint density at radius 2 is 2.00 bits per heavy atom. The molecule has 1 saturated carbocycles. The lowest BCUT2D eigenvalue weighted by Crippen LogP contribution is -2.18. The number of carbonyl (C=O) groups is 1. The molecule has 1 aliphatic carbocycles. The molecule has 1 aliphatic rings. The fourth-order valence-electron chi connectivity index (χ4n) is 2.94. The van der Waals surface area contributed by atoms with Crippen LogP contribution in [0.1, 0.15) is 25.5 Å². The zero-order valence-electron chi connectivity index (χ0n) is 17.4. The molecule has 0 aliphatic heterocycles. The van der Waals surface area contributed by atoms with Crippen molar-refractivity contribution in [3.63, 3.8) is 0 Å². The molecule has 1 fully saturated rings. The second-order valence-corrected chi connectivity index (χ2v) is 9.18. The van der Waals surface area contributed by atoms with E-state index in [1.165, 1.54) is 12.4 Å². The van der Waals surface area contributed by atoms with Gasteiger partial charge in [-0.15, -0.1) is 0 Å². The first kappa shape index (κ1) is 21.6. The summed E-state index contributed by atoms with van der Waals surface area (Å²) in [6, 6.07) is 6.55. The first-order valence-corrected chi connectivity index (χ1v) is 11.7. The molecule has 2 N–H and O–H groups in total. The van der Waals surface area contributed by atoms with Crippen LogP contribution in [0.4, 0.5) is 11.5 Å². The zero-order chi connectivity index (χ0) is 22.6. The van der Waals surface area contributed by atoms with Gasteiger partial charge in [0.1, 0.15) is 5.82 Å². The number of ether oxygens (including phenoxy) is 1. The van der Waals surface area contributed by atoms with Gasteiger partial charge in [-0.05, 0) is 44.0 Å². The Bertz CT molecular complexity index is 1210. The maximum atomic E-state index is 12.4. The van der Waals surface area contributed by atoms with Crippen molar-refractivity contribution in [3.05, 3.63) is 54.7 Å². The van der Waals surface area contributed by atoms with E-state index < -0.39 is 10.0 Å². The van der Waals surface area contributed by atoms with Gasteiger partial charge in [-0.2, -0.15) is 0 Å². The molecule has 0 radical (unpaired) electrons. The Hall–Kier alpha value is -3.60. The molecule has 0 spiro atoms. The van der Waals surface area contributed by atoms with Gasteiger partial charge < -0.3 is 10.1 Å². The fourth-order valence-corrected chi connectivity index (χ4v) is 4.32. The molecular weight excluding hydrogens is 432 g/mol. The molecule has 32 heavy (non-hydrogen) atoms. The molecule has 3 aromatic rings. The number of anilines is 2. The standard InChI is InChI=1S/C21H22N6O4S/c1-2-31-21-13-22-12-18(25-21)14-3-6-19(24-11-14)26-20(28)10-16-9-15(7-8-23-16)27-32(29,30)17-4-5-17/h3,6-9,11-13,17H,2,4-5,10H2,1H3,(H,23,27)(H,24,26,28). The predicted octanol–water partition coefficient (Wildman–Crippen LogP) is 2.42. The van der Waals surface area contributed by atoms with E-state index in [9.17, 15) is 13.2 Å². The third-order valence-corrected chi connectivity index (χ3v) is 6.48. The summed E-state index contributed by atoms with van der Waals surface area (Å²) in [5.41, 5.74) is 2.18. The van der Waals surface area contributed by atoms with Crippen molar-refractivity contribution < 1.29 is 17.9 Å². The summed E-state index contributed by atoms with van der Waals surface area (Å²) < 4.78 is 32.1. The maximum Gasteiger partial charge on any atom is 0.235 e. The Kier molecular flexibility index (Phi) is 6.26. The normalized spacial score (nSPS) is 13.4. The number of carbonyl (C=O) groups excluding carboxylic acids is 1. The smallest absolute Gasteiger partial charge is 0.235 e. The van der Waals surface area contributed by atoms with Crippen LogP contribution in [-0.4, -0.2) is 46.1 Å². The van der Waals surface area contributed by atoms with Gasteiger partial charge in [0.15, 0.2) is 0 Å². The van der Waals surface area contributed by atoms with E-state index in [4.69, 9.17) is 4.74 Å². The average molecular weight is 455 g/mol. The molecule has 11 heteroatoms. The van der Waals surface area contributed by atoms with E-state index >= 15 is 0 Å². The van der Waals surface area contributed by atoms with Gasteiger partial charge in [-0.25, -0.2) is 18.4 Å². The van der Waals surface area contributed by atoms with Gasteiger partial charge >= 0.3 is 0 Å². The molecule has 3 heterocycles. The molecule has 3 aromatic heterocycles. The lowest BCUT2D eigenvalue weighted by molar-refractivity contribution is -0.115. The van der Waals surface area contributed by atoms with Gasteiger partial charge in [0.2, 0.25) is 21.8 Å². The lowest BCUT2D eigenvalue weighted by Gasteiger charge is -2.09. The second-order valence-electron chi connectivity index (χ2n) is 7.21. The van der Waals surface area contributed by atoms with Gasteiger partial charge in [0.05, 0.1) is 47.7 Å². The zero-order valence-corrected chi connectivity index (χ0v) is 18.2. The quantitative estimate of drug-likeness (QED) is 0.503. The highest BCUT2D eigenvalue weighted by atomic mass is 32.2. The monoisotopic (exact) mass is 454 g/mol. The number of rotatable bonds is 9. The maximum absolute atomic E-state index is 12.4. The number of amides is 1. The van der Waals surface area contributed by atoms with Crippen molar-refractivity contribution in [2.24, 2.45) is 0 Å².